The van der Waals surface area contributed by atoms with Crippen molar-refractivity contribution in [2.45, 2.75) is 48.5 Å². The largest absolute Gasteiger partial charge is 0.390 e. The van der Waals surface area contributed by atoms with Crippen molar-refractivity contribution in [3.63, 3.8) is 0 Å². The van der Waals surface area contributed by atoms with Gasteiger partial charge in [0.15, 0.2) is 10.6 Å². The predicted molar refractivity (Wildman–Crippen MR) is 62.6 cm³/mol. The van der Waals surface area contributed by atoms with Crippen LogP contribution in [0.15, 0.2) is 0 Å². The van der Waals surface area contributed by atoms with Crippen LogP contribution in [0.2, 0.25) is 0 Å². The minimum absolute atomic E-state index is 0.378. The number of halogens is 2. The van der Waals surface area contributed by atoms with Crippen molar-refractivity contribution in [3.8, 4) is 0 Å². The van der Waals surface area contributed by atoms with E-state index >= 15 is 0 Å². The Morgan fingerprint density at radius 3 is 2.19 bits per heavy atom. The second-order valence-corrected chi connectivity index (χ2v) is 7.59. The van der Waals surface area contributed by atoms with Gasteiger partial charge in [-0.15, -0.1) is 0 Å². The third kappa shape index (κ3) is 1.39. The lowest BCUT2D eigenvalue weighted by molar-refractivity contribution is -0.168. The van der Waals surface area contributed by atoms with Crippen LogP contribution in [-0.2, 0) is 4.79 Å². The lowest BCUT2D eigenvalue weighted by Gasteiger charge is -2.62. The fraction of sp³-hybridized carbons (Fsp3) is 0.917. The van der Waals surface area contributed by atoms with Gasteiger partial charge in [-0.25, -0.2) is 0 Å². The fourth-order valence-electron chi connectivity index (χ4n) is 4.73. The standard InChI is InChI=1S/C12H16Cl2O2/c13-12(14,7-15)10-2-8-1-9(3-10)5-11(16,4-8)6-10/h7-9,16H,1-6H2. The van der Waals surface area contributed by atoms with E-state index in [1.165, 1.54) is 6.42 Å². The monoisotopic (exact) mass is 262 g/mol. The molecule has 4 fully saturated rings. The predicted octanol–water partition coefficient (Wildman–Crippen LogP) is 2.69. The Labute approximate surface area is 105 Å². The van der Waals surface area contributed by atoms with E-state index < -0.39 is 9.93 Å². The van der Waals surface area contributed by atoms with Gasteiger partial charge < -0.3 is 5.11 Å². The van der Waals surface area contributed by atoms with Crippen molar-refractivity contribution in [1.82, 2.24) is 0 Å². The molecule has 0 aromatic rings. The van der Waals surface area contributed by atoms with E-state index in [1.54, 1.807) is 0 Å². The molecule has 4 heteroatoms. The lowest BCUT2D eigenvalue weighted by Crippen LogP contribution is -2.61. The number of aldehydes is 1. The van der Waals surface area contributed by atoms with Gasteiger partial charge in [-0.05, 0) is 50.4 Å². The molecule has 0 amide bonds. The molecule has 4 saturated carbocycles. The van der Waals surface area contributed by atoms with Crippen LogP contribution >= 0.6 is 23.2 Å². The van der Waals surface area contributed by atoms with Gasteiger partial charge in [0.1, 0.15) is 0 Å². The number of carbonyl (C=O) groups excluding carboxylic acids is 1. The maximum absolute atomic E-state index is 11.1. The third-order valence-corrected chi connectivity index (χ3v) is 5.87. The molecule has 0 spiro atoms. The average Bonchev–Trinajstić information content (AvgIpc) is 2.13. The Bertz CT molecular complexity index is 326. The smallest absolute Gasteiger partial charge is 0.178 e. The molecule has 0 radical (unpaired) electrons. The van der Waals surface area contributed by atoms with Crippen LogP contribution in [0.1, 0.15) is 38.5 Å². The first-order valence-corrected chi connectivity index (χ1v) is 6.70. The van der Waals surface area contributed by atoms with Gasteiger partial charge in [0.05, 0.1) is 5.60 Å². The summed E-state index contributed by atoms with van der Waals surface area (Å²) in [7, 11) is 0. The normalized spacial score (nSPS) is 50.7. The first kappa shape index (κ1) is 11.3. The molecule has 0 aliphatic heterocycles. The summed E-state index contributed by atoms with van der Waals surface area (Å²) >= 11 is 12.4. The van der Waals surface area contributed by atoms with E-state index in [4.69, 9.17) is 23.2 Å². The quantitative estimate of drug-likeness (QED) is 0.614. The summed E-state index contributed by atoms with van der Waals surface area (Å²) in [5, 5.41) is 10.5. The van der Waals surface area contributed by atoms with E-state index in [0.717, 1.165) is 25.7 Å². The fourth-order valence-corrected chi connectivity index (χ4v) is 5.17. The highest BCUT2D eigenvalue weighted by atomic mass is 35.5. The summed E-state index contributed by atoms with van der Waals surface area (Å²) < 4.78 is -1.32. The molecule has 0 saturated heterocycles. The highest BCUT2D eigenvalue weighted by molar-refractivity contribution is 6.56. The van der Waals surface area contributed by atoms with Gasteiger partial charge in [-0.2, -0.15) is 0 Å². The Morgan fingerprint density at radius 1 is 1.19 bits per heavy atom. The van der Waals surface area contributed by atoms with Crippen molar-refractivity contribution < 1.29 is 9.90 Å². The van der Waals surface area contributed by atoms with E-state index in [2.05, 4.69) is 0 Å². The maximum atomic E-state index is 11.1. The zero-order valence-corrected chi connectivity index (χ0v) is 10.6. The van der Waals surface area contributed by atoms with Crippen LogP contribution < -0.4 is 0 Å². The first-order valence-electron chi connectivity index (χ1n) is 5.95. The van der Waals surface area contributed by atoms with E-state index in [0.29, 0.717) is 24.5 Å². The van der Waals surface area contributed by atoms with Gasteiger partial charge in [-0.3, -0.25) is 4.79 Å². The second-order valence-electron chi connectivity index (χ2n) is 6.21. The van der Waals surface area contributed by atoms with Crippen LogP contribution in [-0.4, -0.2) is 21.3 Å². The van der Waals surface area contributed by atoms with Crippen molar-refractivity contribution in [2.75, 3.05) is 0 Å². The zero-order chi connectivity index (χ0) is 11.6. The molecule has 2 unspecified atom stereocenters. The first-order chi connectivity index (χ1) is 7.38. The topological polar surface area (TPSA) is 37.3 Å². The Balaban J connectivity index is 2.01. The molecule has 2 atom stereocenters. The summed E-state index contributed by atoms with van der Waals surface area (Å²) in [4.78, 5) is 11.1. The second kappa shape index (κ2) is 3.15. The van der Waals surface area contributed by atoms with E-state index in [-0.39, 0.29) is 5.41 Å². The number of hydrogen-bond acceptors (Lipinski definition) is 2. The van der Waals surface area contributed by atoms with Gasteiger partial charge in [-0.1, -0.05) is 23.2 Å². The minimum Gasteiger partial charge on any atom is -0.390 e. The average molecular weight is 263 g/mol. The molecular formula is C12H16Cl2O2. The van der Waals surface area contributed by atoms with Gasteiger partial charge in [0, 0.05) is 5.41 Å². The highest BCUT2D eigenvalue weighted by Gasteiger charge is 2.64. The molecule has 4 bridgehead atoms. The number of aliphatic hydroxyl groups is 1. The summed E-state index contributed by atoms with van der Waals surface area (Å²) in [6.45, 7) is 0. The van der Waals surface area contributed by atoms with Crippen molar-refractivity contribution >= 4 is 29.5 Å². The van der Waals surface area contributed by atoms with Crippen LogP contribution in [0.4, 0.5) is 0 Å². The van der Waals surface area contributed by atoms with E-state index in [9.17, 15) is 9.90 Å². The molecule has 0 aromatic carbocycles. The molecule has 4 aliphatic rings. The molecule has 0 aromatic heterocycles. The Morgan fingerprint density at radius 2 is 1.75 bits per heavy atom. The zero-order valence-electron chi connectivity index (χ0n) is 9.09. The number of rotatable bonds is 2. The maximum Gasteiger partial charge on any atom is 0.178 e. The van der Waals surface area contributed by atoms with Crippen LogP contribution in [0.5, 0.6) is 0 Å². The Kier molecular flexibility index (Phi) is 2.23. The molecule has 16 heavy (non-hydrogen) atoms. The molecule has 1 N–H and O–H groups in total. The lowest BCUT2D eigenvalue weighted by atomic mass is 9.47. The van der Waals surface area contributed by atoms with Crippen molar-refractivity contribution in [2.24, 2.45) is 17.3 Å². The van der Waals surface area contributed by atoms with E-state index in [1.807, 2.05) is 0 Å². The van der Waals surface area contributed by atoms with Crippen LogP contribution in [0.3, 0.4) is 0 Å². The summed E-state index contributed by atoms with van der Waals surface area (Å²) in [6.07, 6.45) is 5.97. The number of hydrogen-bond donors (Lipinski definition) is 1. The molecular weight excluding hydrogens is 247 g/mol. The van der Waals surface area contributed by atoms with Crippen molar-refractivity contribution in [1.29, 1.82) is 0 Å². The van der Waals surface area contributed by atoms with Crippen LogP contribution in [0, 0.1) is 17.3 Å². The van der Waals surface area contributed by atoms with Crippen molar-refractivity contribution in [3.05, 3.63) is 0 Å². The summed E-state index contributed by atoms with van der Waals surface area (Å²) in [6, 6.07) is 0. The van der Waals surface area contributed by atoms with Gasteiger partial charge >= 0.3 is 0 Å². The van der Waals surface area contributed by atoms with Gasteiger partial charge in [0.25, 0.3) is 0 Å². The molecule has 2 nitrogen and oxygen atoms in total. The number of carbonyl (C=O) groups is 1. The molecule has 90 valence electrons. The molecule has 4 rings (SSSR count). The number of alkyl halides is 2. The third-order valence-electron chi connectivity index (χ3n) is 4.89. The SMILES string of the molecule is O=CC(Cl)(Cl)C12CC3CC(CC(O)(C3)C1)C2. The molecule has 0 heterocycles. The summed E-state index contributed by atoms with van der Waals surface area (Å²) in [5.74, 6) is 1.01. The summed E-state index contributed by atoms with van der Waals surface area (Å²) in [5.41, 5.74) is -0.987. The van der Waals surface area contributed by atoms with Crippen LogP contribution in [0.25, 0.3) is 0 Å². The minimum atomic E-state index is -1.32. The molecule has 4 aliphatic carbocycles. The Hall–Kier alpha value is 0.210. The van der Waals surface area contributed by atoms with Gasteiger partial charge in [0.2, 0.25) is 0 Å². The highest BCUT2D eigenvalue weighted by Crippen LogP contribution is 2.66.